The molecule has 560 valence electrons. The Hall–Kier alpha value is -5.61. The van der Waals surface area contributed by atoms with Gasteiger partial charge in [0.15, 0.2) is 6.10 Å². The van der Waals surface area contributed by atoms with Crippen molar-refractivity contribution in [3.63, 3.8) is 0 Å². The fourth-order valence-corrected chi connectivity index (χ4v) is 10.6. The molecule has 9 nitrogen and oxygen atoms in total. The second kappa shape index (κ2) is 78.1. The van der Waals surface area contributed by atoms with Gasteiger partial charge in [0.1, 0.15) is 13.2 Å². The van der Waals surface area contributed by atoms with Crippen LogP contribution in [0.2, 0.25) is 0 Å². The van der Waals surface area contributed by atoms with Crippen LogP contribution in [0, 0.1) is 0 Å². The molecule has 0 bridgehead atoms. The number of likely N-dealkylation sites (N-methyl/N-ethyl adjacent to an activating group) is 1. The number of nitrogens with zero attached hydrogens (tertiary/aromatic N) is 1. The summed E-state index contributed by atoms with van der Waals surface area (Å²) < 4.78 is 23.0. The van der Waals surface area contributed by atoms with E-state index in [-0.39, 0.29) is 38.6 Å². The van der Waals surface area contributed by atoms with Crippen LogP contribution in [0.15, 0.2) is 182 Å². The summed E-state index contributed by atoms with van der Waals surface area (Å²) in [5.74, 6) is -2.05. The standard InChI is InChI=1S/C90H147NO8/c1-6-8-10-12-14-16-18-20-22-24-26-28-30-32-34-36-38-40-41-42-43-44-45-46-47-49-51-53-55-57-59-61-63-65-67-69-71-73-75-77-79-81-88(93)99-86(85-98-90(89(94)95)96-83-82-91(3,4)5)84-97-87(92)80-78-76-74-72-70-68-66-64-62-60-58-56-54-52-50-48-39-37-35-33-31-29-27-25-23-21-19-17-15-13-11-9-7-2/h8,10,14,16,19-22,25-28,31-34,38,40,42-43,45-46,49,51,55,57,61,63,67,69,86,90H,6-7,9,11-13,15,17-18,23-24,29-30,35-37,39,41,44,47-48,50,52-54,56,58-60,62,64-66,68,70-85H2,1-5H3/p+1/b10-8-,16-14-,21-19-,22-20-,27-25-,28-26-,33-31-,34-32-,40-38-,43-42-,46-45-,51-49-,57-55-,63-61-,69-67-. The molecule has 2 atom stereocenters. The highest BCUT2D eigenvalue weighted by Crippen LogP contribution is 2.17. The van der Waals surface area contributed by atoms with Gasteiger partial charge in [-0.05, 0) is 141 Å². The summed E-state index contributed by atoms with van der Waals surface area (Å²) >= 11 is 0. The lowest BCUT2D eigenvalue weighted by Gasteiger charge is -2.25. The first-order chi connectivity index (χ1) is 48.6. The number of esters is 2. The Bertz CT molecular complexity index is 2290. The van der Waals surface area contributed by atoms with Crippen molar-refractivity contribution in [1.82, 2.24) is 0 Å². The van der Waals surface area contributed by atoms with E-state index in [1.165, 1.54) is 141 Å². The maximum atomic E-state index is 13.0. The van der Waals surface area contributed by atoms with Crippen molar-refractivity contribution in [2.45, 2.75) is 322 Å². The van der Waals surface area contributed by atoms with Crippen LogP contribution in [0.1, 0.15) is 309 Å². The number of carboxylic acids is 1. The molecule has 99 heavy (non-hydrogen) atoms. The fourth-order valence-electron chi connectivity index (χ4n) is 10.6. The number of hydrogen-bond acceptors (Lipinski definition) is 7. The molecule has 1 N–H and O–H groups in total. The Kier molecular flexibility index (Phi) is 73.7. The average Bonchev–Trinajstić information content (AvgIpc) is 2.62. The maximum absolute atomic E-state index is 13.0. The van der Waals surface area contributed by atoms with Crippen molar-refractivity contribution >= 4 is 17.9 Å². The number of carbonyl (C=O) groups excluding carboxylic acids is 2. The Labute approximate surface area is 609 Å². The van der Waals surface area contributed by atoms with E-state index in [1.54, 1.807) is 0 Å². The molecular formula is C90H148NO8+. The number of carboxylic acid groups (broad SMARTS) is 1. The van der Waals surface area contributed by atoms with Gasteiger partial charge in [-0.3, -0.25) is 9.59 Å². The molecule has 0 aliphatic rings. The Morgan fingerprint density at radius 1 is 0.313 bits per heavy atom. The van der Waals surface area contributed by atoms with Gasteiger partial charge in [0.05, 0.1) is 34.4 Å². The third-order valence-corrected chi connectivity index (χ3v) is 16.6. The normalized spacial score (nSPS) is 13.7. The lowest BCUT2D eigenvalue weighted by Crippen LogP contribution is -2.40. The average molecular weight is 1370 g/mol. The van der Waals surface area contributed by atoms with Crippen LogP contribution >= 0.6 is 0 Å². The quantitative estimate of drug-likeness (QED) is 0.0211. The van der Waals surface area contributed by atoms with E-state index in [4.69, 9.17) is 18.9 Å². The van der Waals surface area contributed by atoms with Gasteiger partial charge in [-0.1, -0.05) is 337 Å². The zero-order valence-electron chi connectivity index (χ0n) is 64.1. The fraction of sp³-hybridized carbons (Fsp3) is 0.633. The number of quaternary nitrogens is 1. The van der Waals surface area contributed by atoms with Gasteiger partial charge in [0.25, 0.3) is 6.29 Å². The first kappa shape index (κ1) is 93.4. The van der Waals surface area contributed by atoms with Gasteiger partial charge >= 0.3 is 17.9 Å². The van der Waals surface area contributed by atoms with Gasteiger partial charge in [-0.15, -0.1) is 0 Å². The SMILES string of the molecule is CC/C=C\C/C=C\C/C=C\C/C=C\C/C=C\C/C=C\C/C=C\C/C=C\C/C=C\C/C=C\C/C=C\C/C=C\CCCCCCC(=O)OC(COC(=O)CCCCCCCCCCCCCCCCCCCC/C=C\C/C=C\C/C=C\CCCCCCC)COC(OCC[N+](C)(C)C)C(=O)O. The highest BCUT2D eigenvalue weighted by atomic mass is 16.7. The molecule has 0 saturated heterocycles. The molecule has 0 heterocycles. The maximum Gasteiger partial charge on any atom is 0.361 e. The number of allylic oxidation sites excluding steroid dienone is 30. The van der Waals surface area contributed by atoms with E-state index in [1.807, 2.05) is 21.1 Å². The van der Waals surface area contributed by atoms with Gasteiger partial charge in [0.2, 0.25) is 0 Å². The summed E-state index contributed by atoms with van der Waals surface area (Å²) in [5, 5.41) is 9.77. The molecule has 0 aromatic carbocycles. The molecule has 0 aromatic rings. The predicted molar refractivity (Wildman–Crippen MR) is 428 cm³/mol. The Morgan fingerprint density at radius 2 is 0.576 bits per heavy atom. The minimum Gasteiger partial charge on any atom is -0.477 e. The van der Waals surface area contributed by atoms with Gasteiger partial charge in [-0.25, -0.2) is 4.79 Å². The molecule has 0 aliphatic heterocycles. The first-order valence-electron chi connectivity index (χ1n) is 39.9. The summed E-state index contributed by atoms with van der Waals surface area (Å²) in [5.41, 5.74) is 0. The minimum atomic E-state index is -1.53. The number of aliphatic carboxylic acids is 1. The van der Waals surface area contributed by atoms with E-state index in [0.29, 0.717) is 17.4 Å². The van der Waals surface area contributed by atoms with Gasteiger partial charge in [0, 0.05) is 12.8 Å². The molecular weight excluding hydrogens is 1220 g/mol. The Morgan fingerprint density at radius 3 is 0.859 bits per heavy atom. The smallest absolute Gasteiger partial charge is 0.361 e. The minimum absolute atomic E-state index is 0.174. The second-order valence-electron chi connectivity index (χ2n) is 27.3. The zero-order chi connectivity index (χ0) is 71.8. The molecule has 2 unspecified atom stereocenters. The van der Waals surface area contributed by atoms with Crippen molar-refractivity contribution in [3.05, 3.63) is 182 Å². The van der Waals surface area contributed by atoms with E-state index < -0.39 is 24.3 Å². The molecule has 9 heteroatoms. The zero-order valence-corrected chi connectivity index (χ0v) is 64.1. The summed E-state index contributed by atoms with van der Waals surface area (Å²) in [6.45, 7) is 4.72. The third kappa shape index (κ3) is 79.6. The first-order valence-corrected chi connectivity index (χ1v) is 39.9. The largest absolute Gasteiger partial charge is 0.477 e. The summed E-state index contributed by atoms with van der Waals surface area (Å²) in [6.07, 6.45) is 116. The van der Waals surface area contributed by atoms with Gasteiger partial charge in [-0.2, -0.15) is 0 Å². The molecule has 0 fully saturated rings. The number of rotatable bonds is 72. The van der Waals surface area contributed by atoms with Crippen LogP contribution in [-0.2, 0) is 33.3 Å². The second-order valence-corrected chi connectivity index (χ2v) is 27.3. The van der Waals surface area contributed by atoms with E-state index in [2.05, 4.69) is 196 Å². The van der Waals surface area contributed by atoms with Gasteiger partial charge < -0.3 is 28.5 Å². The monoisotopic (exact) mass is 1370 g/mol. The van der Waals surface area contributed by atoms with E-state index >= 15 is 0 Å². The lowest BCUT2D eigenvalue weighted by atomic mass is 10.0. The molecule has 0 aromatic heterocycles. The van der Waals surface area contributed by atoms with Crippen LogP contribution in [-0.4, -0.2) is 87.4 Å². The number of hydrogen-bond donors (Lipinski definition) is 1. The third-order valence-electron chi connectivity index (χ3n) is 16.6. The predicted octanol–water partition coefficient (Wildman–Crippen LogP) is 25.9. The summed E-state index contributed by atoms with van der Waals surface area (Å²) in [4.78, 5) is 37.7. The molecule has 0 saturated carbocycles. The Balaban J connectivity index is 4.17. The van der Waals surface area contributed by atoms with Crippen molar-refractivity contribution < 1.29 is 42.9 Å². The topological polar surface area (TPSA) is 108 Å². The molecule has 0 aliphatic carbocycles. The van der Waals surface area contributed by atoms with Crippen molar-refractivity contribution in [1.29, 1.82) is 0 Å². The van der Waals surface area contributed by atoms with E-state index in [9.17, 15) is 19.5 Å². The van der Waals surface area contributed by atoms with Crippen LogP contribution in [0.5, 0.6) is 0 Å². The van der Waals surface area contributed by atoms with E-state index in [0.717, 1.165) is 135 Å². The molecule has 0 spiro atoms. The molecule has 0 radical (unpaired) electrons. The van der Waals surface area contributed by atoms with Crippen molar-refractivity contribution in [3.8, 4) is 0 Å². The van der Waals surface area contributed by atoms with Crippen molar-refractivity contribution in [2.24, 2.45) is 0 Å². The highest BCUT2D eigenvalue weighted by Gasteiger charge is 2.25. The summed E-state index contributed by atoms with van der Waals surface area (Å²) in [7, 11) is 5.96. The highest BCUT2D eigenvalue weighted by molar-refractivity contribution is 5.71. The van der Waals surface area contributed by atoms with Crippen LogP contribution in [0.25, 0.3) is 0 Å². The van der Waals surface area contributed by atoms with Crippen molar-refractivity contribution in [2.75, 3.05) is 47.5 Å². The summed E-state index contributed by atoms with van der Waals surface area (Å²) in [6, 6.07) is 0. The van der Waals surface area contributed by atoms with Crippen LogP contribution < -0.4 is 0 Å². The van der Waals surface area contributed by atoms with Crippen LogP contribution in [0.4, 0.5) is 0 Å². The number of ether oxygens (including phenoxy) is 4. The lowest BCUT2D eigenvalue weighted by molar-refractivity contribution is -0.870. The molecule has 0 amide bonds. The molecule has 0 rings (SSSR count). The number of carbonyl (C=O) groups is 3. The number of unbranched alkanes of at least 4 members (excludes halogenated alkanes) is 27. The van der Waals surface area contributed by atoms with Crippen LogP contribution in [0.3, 0.4) is 0 Å².